The monoisotopic (exact) mass is 612 g/mol. The predicted octanol–water partition coefficient (Wildman–Crippen LogP) is 5.44. The van der Waals surface area contributed by atoms with Crippen LogP contribution in [0, 0.1) is 5.82 Å². The number of anilines is 5. The summed E-state index contributed by atoms with van der Waals surface area (Å²) >= 11 is 0. The summed E-state index contributed by atoms with van der Waals surface area (Å²) in [5.41, 5.74) is 4.26. The molecule has 0 aliphatic carbocycles. The summed E-state index contributed by atoms with van der Waals surface area (Å²) in [6, 6.07) is 13.8. The van der Waals surface area contributed by atoms with Crippen molar-refractivity contribution < 1.29 is 18.8 Å². The number of aromatic nitrogens is 3. The second-order valence-corrected chi connectivity index (χ2v) is 10.9. The van der Waals surface area contributed by atoms with Crippen molar-refractivity contribution in [1.29, 1.82) is 0 Å². The van der Waals surface area contributed by atoms with Crippen molar-refractivity contribution in [2.75, 3.05) is 68.5 Å². The molecular formula is C33H37FN8O3. The van der Waals surface area contributed by atoms with Crippen LogP contribution >= 0.6 is 0 Å². The molecule has 1 aliphatic rings. The first-order valence-corrected chi connectivity index (χ1v) is 14.5. The van der Waals surface area contributed by atoms with Crippen LogP contribution in [0.2, 0.25) is 0 Å². The maximum atomic E-state index is 14.8. The summed E-state index contributed by atoms with van der Waals surface area (Å²) in [4.78, 5) is 35.5. The number of halogens is 1. The molecular weight excluding hydrogens is 575 g/mol. The topological polar surface area (TPSA) is 108 Å². The van der Waals surface area contributed by atoms with Crippen molar-refractivity contribution in [3.05, 3.63) is 91.3 Å². The summed E-state index contributed by atoms with van der Waals surface area (Å²) in [5.74, 6) is 0.847. The molecule has 1 saturated heterocycles. The van der Waals surface area contributed by atoms with Gasteiger partial charge in [-0.25, -0.2) is 19.4 Å². The molecule has 1 aliphatic heterocycles. The minimum absolute atomic E-state index is 0.272. The van der Waals surface area contributed by atoms with E-state index in [2.05, 4.69) is 37.1 Å². The quantitative estimate of drug-likeness (QED) is 0.201. The zero-order valence-corrected chi connectivity index (χ0v) is 25.8. The minimum Gasteiger partial charge on any atom is -0.494 e. The van der Waals surface area contributed by atoms with Crippen molar-refractivity contribution in [1.82, 2.24) is 19.9 Å². The maximum Gasteiger partial charge on any atom is 0.247 e. The fourth-order valence-electron chi connectivity index (χ4n) is 5.08. The fraction of sp³-hybridized carbons (Fsp3) is 0.273. The molecule has 2 N–H and O–H groups in total. The zero-order valence-electron chi connectivity index (χ0n) is 25.8. The van der Waals surface area contributed by atoms with E-state index in [-0.39, 0.29) is 17.8 Å². The Labute approximate surface area is 262 Å². The highest BCUT2D eigenvalue weighted by Crippen LogP contribution is 2.40. The molecule has 1 atom stereocenters. The molecule has 3 heterocycles. The fourth-order valence-corrected chi connectivity index (χ4v) is 5.08. The lowest BCUT2D eigenvalue weighted by Crippen LogP contribution is -2.29. The van der Waals surface area contributed by atoms with Crippen LogP contribution in [-0.4, -0.2) is 73.7 Å². The normalized spacial score (nSPS) is 14.4. The molecule has 1 unspecified atom stereocenters. The van der Waals surface area contributed by atoms with Crippen LogP contribution in [0.1, 0.15) is 18.0 Å². The van der Waals surface area contributed by atoms with Gasteiger partial charge in [0.1, 0.15) is 23.7 Å². The van der Waals surface area contributed by atoms with E-state index < -0.39 is 0 Å². The number of hydroxylamine groups is 1. The van der Waals surface area contributed by atoms with Crippen molar-refractivity contribution in [2.45, 2.75) is 12.5 Å². The second-order valence-electron chi connectivity index (χ2n) is 10.9. The molecule has 11 nitrogen and oxygen atoms in total. The van der Waals surface area contributed by atoms with Gasteiger partial charge in [0.15, 0.2) is 5.82 Å². The van der Waals surface area contributed by atoms with Gasteiger partial charge in [-0.3, -0.25) is 14.6 Å². The molecule has 0 radical (unpaired) electrons. The van der Waals surface area contributed by atoms with Crippen molar-refractivity contribution in [3.8, 4) is 16.9 Å². The summed E-state index contributed by atoms with van der Waals surface area (Å²) in [6.07, 6.45) is 6.69. The molecule has 12 heteroatoms. The van der Waals surface area contributed by atoms with Crippen molar-refractivity contribution in [3.63, 3.8) is 0 Å². The van der Waals surface area contributed by atoms with Gasteiger partial charge in [0.2, 0.25) is 5.91 Å². The molecule has 234 valence electrons. The van der Waals surface area contributed by atoms with Crippen LogP contribution in [-0.2, 0) is 9.63 Å². The largest absolute Gasteiger partial charge is 0.494 e. The average Bonchev–Trinajstić information content (AvgIpc) is 3.54. The van der Waals surface area contributed by atoms with Crippen molar-refractivity contribution in [2.24, 2.45) is 0 Å². The van der Waals surface area contributed by atoms with E-state index in [0.29, 0.717) is 41.8 Å². The highest BCUT2D eigenvalue weighted by Gasteiger charge is 2.30. The van der Waals surface area contributed by atoms with E-state index in [4.69, 9.17) is 9.57 Å². The zero-order chi connectivity index (χ0) is 31.9. The van der Waals surface area contributed by atoms with E-state index in [9.17, 15) is 9.18 Å². The number of hydrogen-bond acceptors (Lipinski definition) is 10. The van der Waals surface area contributed by atoms with Gasteiger partial charge >= 0.3 is 0 Å². The highest BCUT2D eigenvalue weighted by atomic mass is 19.1. The lowest BCUT2D eigenvalue weighted by Gasteiger charge is -2.26. The number of benzene rings is 2. The maximum absolute atomic E-state index is 14.8. The number of ether oxygens (including phenoxy) is 1. The number of methoxy groups -OCH3 is 1. The summed E-state index contributed by atoms with van der Waals surface area (Å²) < 4.78 is 20.5. The number of rotatable bonds is 12. The third kappa shape index (κ3) is 7.54. The first-order valence-electron chi connectivity index (χ1n) is 14.5. The molecule has 0 saturated carbocycles. The molecule has 1 amide bonds. The summed E-state index contributed by atoms with van der Waals surface area (Å²) in [6.45, 7) is 5.57. The lowest BCUT2D eigenvalue weighted by molar-refractivity contribution is -0.111. The Bertz CT molecular complexity index is 1650. The van der Waals surface area contributed by atoms with Crippen LogP contribution in [0.5, 0.6) is 5.75 Å². The van der Waals surface area contributed by atoms with Crippen LogP contribution < -0.4 is 25.3 Å². The Hall–Kier alpha value is -5.07. The Kier molecular flexibility index (Phi) is 9.86. The standard InChI is InChI=1S/C33H37FN8O3/c1-6-33(43)39-26-17-27(30(44-5)18-29(26)41(4)12-11-40(2)3)38-31-19-32(37-21-36-31)42-28(9-13-45-42)24-14-23(15-25(34)16-24)22-8-7-10-35-20-22/h6-8,10,14-21,28H,1,9,11-13H2,2-5H3,(H,39,43)(H,36,37,38). The van der Waals surface area contributed by atoms with E-state index in [1.807, 2.05) is 50.3 Å². The third-order valence-corrected chi connectivity index (χ3v) is 7.40. The number of likely N-dealkylation sites (N-methyl/N-ethyl adjacent to an activating group) is 2. The minimum atomic E-state index is -0.342. The van der Waals surface area contributed by atoms with Gasteiger partial charge in [-0.1, -0.05) is 12.6 Å². The van der Waals surface area contributed by atoms with Gasteiger partial charge in [0.05, 0.1) is 36.8 Å². The van der Waals surface area contributed by atoms with E-state index >= 15 is 0 Å². The van der Waals surface area contributed by atoms with Gasteiger partial charge in [0, 0.05) is 56.6 Å². The smallest absolute Gasteiger partial charge is 0.247 e. The lowest BCUT2D eigenvalue weighted by atomic mass is 9.98. The number of carbonyl (C=O) groups is 1. The second kappa shape index (κ2) is 14.1. The van der Waals surface area contributed by atoms with Crippen LogP contribution in [0.25, 0.3) is 11.1 Å². The number of hydrogen-bond donors (Lipinski definition) is 2. The Balaban J connectivity index is 1.43. The van der Waals surface area contributed by atoms with E-state index in [0.717, 1.165) is 35.5 Å². The Morgan fingerprint density at radius 2 is 1.98 bits per heavy atom. The molecule has 2 aromatic carbocycles. The molecule has 45 heavy (non-hydrogen) atoms. The molecule has 1 fully saturated rings. The highest BCUT2D eigenvalue weighted by molar-refractivity contribution is 6.02. The number of nitrogens with one attached hydrogen (secondary N) is 2. The Morgan fingerprint density at radius 1 is 1.13 bits per heavy atom. The molecule has 2 aromatic heterocycles. The SMILES string of the molecule is C=CC(=O)Nc1cc(Nc2cc(N3OCCC3c3cc(F)cc(-c4cccnc4)c3)ncn2)c(OC)cc1N(C)CCN(C)C. The molecule has 4 aromatic rings. The first-order chi connectivity index (χ1) is 21.7. The predicted molar refractivity (Wildman–Crippen MR) is 174 cm³/mol. The van der Waals surface area contributed by atoms with Gasteiger partial charge in [-0.05, 0) is 61.6 Å². The summed E-state index contributed by atoms with van der Waals surface area (Å²) in [7, 11) is 7.55. The number of amides is 1. The number of carbonyl (C=O) groups excluding carboxylic acids is 1. The van der Waals surface area contributed by atoms with E-state index in [1.54, 1.807) is 36.7 Å². The van der Waals surface area contributed by atoms with Gasteiger partial charge in [-0.15, -0.1) is 0 Å². The van der Waals surface area contributed by atoms with Crippen molar-refractivity contribution >= 4 is 34.6 Å². The summed E-state index contributed by atoms with van der Waals surface area (Å²) in [5, 5.41) is 7.89. The number of nitrogens with zero attached hydrogens (tertiary/aromatic N) is 6. The third-order valence-electron chi connectivity index (χ3n) is 7.40. The van der Waals surface area contributed by atoms with Gasteiger partial charge in [0.25, 0.3) is 0 Å². The van der Waals surface area contributed by atoms with Crippen LogP contribution in [0.3, 0.4) is 0 Å². The number of pyridine rings is 1. The van der Waals surface area contributed by atoms with Gasteiger partial charge < -0.3 is 25.2 Å². The first kappa shape index (κ1) is 31.4. The molecule has 0 spiro atoms. The Morgan fingerprint density at radius 3 is 2.71 bits per heavy atom. The average molecular weight is 613 g/mol. The van der Waals surface area contributed by atoms with Gasteiger partial charge in [-0.2, -0.15) is 0 Å². The molecule has 5 rings (SSSR count). The van der Waals surface area contributed by atoms with Crippen LogP contribution in [0.15, 0.2) is 79.9 Å². The van der Waals surface area contributed by atoms with Crippen LogP contribution in [0.4, 0.5) is 33.1 Å². The van der Waals surface area contributed by atoms with E-state index in [1.165, 1.54) is 24.5 Å². The molecule has 0 bridgehead atoms.